The van der Waals surface area contributed by atoms with E-state index in [-0.39, 0.29) is 0 Å². The van der Waals surface area contributed by atoms with Gasteiger partial charge in [0.1, 0.15) is 0 Å². The molecule has 1 aromatic carbocycles. The summed E-state index contributed by atoms with van der Waals surface area (Å²) in [6, 6.07) is 7.80. The fourth-order valence-electron chi connectivity index (χ4n) is 2.42. The van der Waals surface area contributed by atoms with E-state index < -0.39 is 0 Å². The van der Waals surface area contributed by atoms with Crippen LogP contribution in [-0.2, 0) is 0 Å². The Morgan fingerprint density at radius 3 is 2.48 bits per heavy atom. The van der Waals surface area contributed by atoms with Crippen molar-refractivity contribution in [1.29, 1.82) is 0 Å². The maximum Gasteiger partial charge on any atom is 0.161 e. The van der Waals surface area contributed by atoms with Crippen LogP contribution in [0, 0.1) is 13.8 Å². The Hall–Kier alpha value is -2.56. The molecule has 0 saturated carbocycles. The predicted octanol–water partition coefficient (Wildman–Crippen LogP) is 3.03. The Morgan fingerprint density at radius 1 is 1.00 bits per heavy atom. The quantitative estimate of drug-likeness (QED) is 0.741. The molecule has 0 unspecified atom stereocenters. The third-order valence-corrected chi connectivity index (χ3v) is 3.46. The van der Waals surface area contributed by atoms with Gasteiger partial charge in [-0.2, -0.15) is 5.10 Å². The molecular formula is C16H17N3O2. The van der Waals surface area contributed by atoms with Gasteiger partial charge in [0.25, 0.3) is 0 Å². The van der Waals surface area contributed by atoms with Crippen molar-refractivity contribution >= 4 is 5.65 Å². The fourth-order valence-corrected chi connectivity index (χ4v) is 2.42. The Bertz CT molecular complexity index is 809. The van der Waals surface area contributed by atoms with Gasteiger partial charge in [0.15, 0.2) is 17.1 Å². The Morgan fingerprint density at radius 2 is 1.76 bits per heavy atom. The lowest BCUT2D eigenvalue weighted by Gasteiger charge is -2.11. The molecule has 108 valence electrons. The van der Waals surface area contributed by atoms with Crippen LogP contribution < -0.4 is 9.47 Å². The SMILES string of the molecule is COc1ccc(-c2cn3nc(C)cc3nc2C)cc1OC. The lowest BCUT2D eigenvalue weighted by Crippen LogP contribution is -1.97. The first-order valence-corrected chi connectivity index (χ1v) is 6.68. The number of hydrogen-bond acceptors (Lipinski definition) is 4. The number of ether oxygens (including phenoxy) is 2. The van der Waals surface area contributed by atoms with Crippen LogP contribution >= 0.6 is 0 Å². The molecule has 0 atom stereocenters. The minimum Gasteiger partial charge on any atom is -0.493 e. The first-order chi connectivity index (χ1) is 10.1. The van der Waals surface area contributed by atoms with Crippen molar-refractivity contribution in [3.8, 4) is 22.6 Å². The normalized spacial score (nSPS) is 10.9. The highest BCUT2D eigenvalue weighted by atomic mass is 16.5. The van der Waals surface area contributed by atoms with Crippen LogP contribution in [0.3, 0.4) is 0 Å². The van der Waals surface area contributed by atoms with Crippen LogP contribution in [0.2, 0.25) is 0 Å². The molecule has 3 aromatic rings. The number of rotatable bonds is 3. The minimum absolute atomic E-state index is 0.700. The van der Waals surface area contributed by atoms with Crippen molar-refractivity contribution in [2.24, 2.45) is 0 Å². The number of benzene rings is 1. The summed E-state index contributed by atoms with van der Waals surface area (Å²) in [5.41, 5.74) is 4.80. The zero-order valence-corrected chi connectivity index (χ0v) is 12.5. The number of methoxy groups -OCH3 is 2. The molecule has 21 heavy (non-hydrogen) atoms. The molecule has 0 saturated heterocycles. The van der Waals surface area contributed by atoms with Gasteiger partial charge in [0.05, 0.1) is 19.9 Å². The average Bonchev–Trinajstić information content (AvgIpc) is 2.84. The van der Waals surface area contributed by atoms with Crippen molar-refractivity contribution in [1.82, 2.24) is 14.6 Å². The van der Waals surface area contributed by atoms with E-state index in [1.54, 1.807) is 18.7 Å². The molecule has 0 aliphatic rings. The van der Waals surface area contributed by atoms with Crippen molar-refractivity contribution in [3.63, 3.8) is 0 Å². The molecule has 5 nitrogen and oxygen atoms in total. The summed E-state index contributed by atoms with van der Waals surface area (Å²) in [4.78, 5) is 4.60. The molecule has 3 rings (SSSR count). The van der Waals surface area contributed by atoms with Gasteiger partial charge < -0.3 is 9.47 Å². The molecule has 0 spiro atoms. The minimum atomic E-state index is 0.700. The first kappa shape index (κ1) is 13.4. The summed E-state index contributed by atoms with van der Waals surface area (Å²) in [5.74, 6) is 1.41. The van der Waals surface area contributed by atoms with Crippen LogP contribution in [0.4, 0.5) is 0 Å². The highest BCUT2D eigenvalue weighted by Gasteiger charge is 2.11. The van der Waals surface area contributed by atoms with Crippen LogP contribution in [0.5, 0.6) is 11.5 Å². The molecular weight excluding hydrogens is 266 g/mol. The second-order valence-electron chi connectivity index (χ2n) is 4.90. The van der Waals surface area contributed by atoms with Gasteiger partial charge in [-0.15, -0.1) is 0 Å². The van der Waals surface area contributed by atoms with Crippen molar-refractivity contribution in [2.45, 2.75) is 13.8 Å². The summed E-state index contributed by atoms with van der Waals surface area (Å²) < 4.78 is 12.4. The van der Waals surface area contributed by atoms with Gasteiger partial charge in [-0.05, 0) is 31.5 Å². The molecule has 0 bridgehead atoms. The zero-order chi connectivity index (χ0) is 15.0. The maximum absolute atomic E-state index is 5.36. The molecule has 0 radical (unpaired) electrons. The van der Waals surface area contributed by atoms with Gasteiger partial charge in [-0.3, -0.25) is 0 Å². The number of hydrogen-bond donors (Lipinski definition) is 0. The standard InChI is InChI=1S/C16H17N3O2/c1-10-7-16-17-11(2)13(9-19(16)18-10)12-5-6-14(20-3)15(8-12)21-4/h5-9H,1-4H3. The van der Waals surface area contributed by atoms with E-state index in [1.807, 2.05) is 44.3 Å². The maximum atomic E-state index is 5.36. The van der Waals surface area contributed by atoms with E-state index >= 15 is 0 Å². The molecule has 2 heterocycles. The predicted molar refractivity (Wildman–Crippen MR) is 81.0 cm³/mol. The molecule has 2 aromatic heterocycles. The van der Waals surface area contributed by atoms with Crippen LogP contribution in [-0.4, -0.2) is 28.8 Å². The fraction of sp³-hybridized carbons (Fsp3) is 0.250. The smallest absolute Gasteiger partial charge is 0.161 e. The van der Waals surface area contributed by atoms with Gasteiger partial charge in [-0.1, -0.05) is 6.07 Å². The molecule has 0 fully saturated rings. The Labute approximate surface area is 123 Å². The van der Waals surface area contributed by atoms with Gasteiger partial charge in [-0.25, -0.2) is 9.50 Å². The molecule has 0 amide bonds. The van der Waals surface area contributed by atoms with Crippen LogP contribution in [0.1, 0.15) is 11.4 Å². The zero-order valence-electron chi connectivity index (χ0n) is 12.5. The third kappa shape index (κ3) is 2.31. The van der Waals surface area contributed by atoms with E-state index in [1.165, 1.54) is 0 Å². The largest absolute Gasteiger partial charge is 0.493 e. The monoisotopic (exact) mass is 283 g/mol. The summed E-state index contributed by atoms with van der Waals surface area (Å²) in [7, 11) is 3.26. The summed E-state index contributed by atoms with van der Waals surface area (Å²) in [6.45, 7) is 3.95. The highest BCUT2D eigenvalue weighted by molar-refractivity contribution is 5.69. The Balaban J connectivity index is 2.17. The average molecular weight is 283 g/mol. The van der Waals surface area contributed by atoms with E-state index in [0.717, 1.165) is 28.2 Å². The highest BCUT2D eigenvalue weighted by Crippen LogP contribution is 2.33. The van der Waals surface area contributed by atoms with Crippen LogP contribution in [0.25, 0.3) is 16.8 Å². The lowest BCUT2D eigenvalue weighted by molar-refractivity contribution is 0.355. The summed E-state index contributed by atoms with van der Waals surface area (Å²) >= 11 is 0. The second kappa shape index (κ2) is 5.09. The van der Waals surface area contributed by atoms with Crippen molar-refractivity contribution in [3.05, 3.63) is 41.9 Å². The molecule has 0 aliphatic carbocycles. The summed E-state index contributed by atoms with van der Waals surface area (Å²) in [5, 5.41) is 4.41. The number of nitrogens with zero attached hydrogens (tertiary/aromatic N) is 3. The van der Waals surface area contributed by atoms with Crippen molar-refractivity contribution in [2.75, 3.05) is 14.2 Å². The van der Waals surface area contributed by atoms with Gasteiger partial charge in [0.2, 0.25) is 0 Å². The molecule has 0 N–H and O–H groups in total. The first-order valence-electron chi connectivity index (χ1n) is 6.68. The van der Waals surface area contributed by atoms with E-state index in [9.17, 15) is 0 Å². The molecule has 0 aliphatic heterocycles. The van der Waals surface area contributed by atoms with Crippen LogP contribution in [0.15, 0.2) is 30.5 Å². The van der Waals surface area contributed by atoms with Gasteiger partial charge >= 0.3 is 0 Å². The summed E-state index contributed by atoms with van der Waals surface area (Å²) in [6.07, 6.45) is 1.99. The Kier molecular flexibility index (Phi) is 3.25. The number of aromatic nitrogens is 3. The van der Waals surface area contributed by atoms with E-state index in [2.05, 4.69) is 10.1 Å². The van der Waals surface area contributed by atoms with E-state index in [0.29, 0.717) is 11.5 Å². The lowest BCUT2D eigenvalue weighted by atomic mass is 10.1. The number of aryl methyl sites for hydroxylation is 2. The number of fused-ring (bicyclic) bond motifs is 1. The second-order valence-corrected chi connectivity index (χ2v) is 4.90. The van der Waals surface area contributed by atoms with Crippen molar-refractivity contribution < 1.29 is 9.47 Å². The third-order valence-electron chi connectivity index (χ3n) is 3.46. The van der Waals surface area contributed by atoms with Gasteiger partial charge in [0, 0.05) is 23.5 Å². The molecule has 5 heteroatoms. The van der Waals surface area contributed by atoms with E-state index in [4.69, 9.17) is 9.47 Å². The topological polar surface area (TPSA) is 48.7 Å².